The van der Waals surface area contributed by atoms with Gasteiger partial charge in [-0.05, 0) is 28.8 Å². The molecule has 0 aromatic heterocycles. The first kappa shape index (κ1) is 15.0. The van der Waals surface area contributed by atoms with Crippen LogP contribution in [-0.2, 0) is 6.54 Å². The summed E-state index contributed by atoms with van der Waals surface area (Å²) in [7, 11) is 3.17. The number of nitrogens with zero attached hydrogens (tertiary/aromatic N) is 1. The largest absolute Gasteiger partial charge is 0.493 e. The Kier molecular flexibility index (Phi) is 3.39. The summed E-state index contributed by atoms with van der Waals surface area (Å²) < 4.78 is 10.8. The van der Waals surface area contributed by atoms with E-state index in [1.807, 2.05) is 12.1 Å². The average Bonchev–Trinajstić information content (AvgIpc) is 2.85. The van der Waals surface area contributed by atoms with Gasteiger partial charge in [-0.3, -0.25) is 4.90 Å². The highest BCUT2D eigenvalue weighted by Gasteiger charge is 2.51. The fraction of sp³-hybridized carbons (Fsp3) is 0.529. The normalized spacial score (nSPS) is 35.3. The number of aliphatic hydroxyl groups excluding tert-OH is 3. The molecule has 4 rings (SSSR count). The van der Waals surface area contributed by atoms with Gasteiger partial charge < -0.3 is 24.8 Å². The van der Waals surface area contributed by atoms with Crippen LogP contribution in [0.4, 0.5) is 0 Å². The second kappa shape index (κ2) is 5.21. The third-order valence-corrected chi connectivity index (χ3v) is 5.33. The maximum atomic E-state index is 10.6. The molecule has 0 bridgehead atoms. The monoisotopic (exact) mass is 319 g/mol. The van der Waals surface area contributed by atoms with Gasteiger partial charge in [-0.25, -0.2) is 0 Å². The maximum Gasteiger partial charge on any atom is 0.161 e. The summed E-state index contributed by atoms with van der Waals surface area (Å²) in [6, 6.07) is 3.74. The van der Waals surface area contributed by atoms with Crippen LogP contribution in [0.25, 0.3) is 0 Å². The van der Waals surface area contributed by atoms with Gasteiger partial charge in [-0.1, -0.05) is 6.08 Å². The van der Waals surface area contributed by atoms with Crippen LogP contribution in [0.2, 0.25) is 0 Å². The predicted octanol–water partition coefficient (Wildman–Crippen LogP) is 0.00790. The Morgan fingerprint density at radius 1 is 1.09 bits per heavy atom. The molecule has 2 aliphatic heterocycles. The lowest BCUT2D eigenvalue weighted by Gasteiger charge is -2.44. The van der Waals surface area contributed by atoms with Crippen LogP contribution in [-0.4, -0.2) is 65.3 Å². The summed E-state index contributed by atoms with van der Waals surface area (Å²) >= 11 is 0. The van der Waals surface area contributed by atoms with E-state index < -0.39 is 18.3 Å². The number of hydrogen-bond acceptors (Lipinski definition) is 6. The Balaban J connectivity index is 1.88. The Labute approximate surface area is 134 Å². The molecule has 1 aromatic carbocycles. The Morgan fingerprint density at radius 2 is 1.78 bits per heavy atom. The highest BCUT2D eigenvalue weighted by Crippen LogP contribution is 2.48. The molecule has 1 saturated heterocycles. The summed E-state index contributed by atoms with van der Waals surface area (Å²) in [6.07, 6.45) is -0.862. The molecule has 0 radical (unpaired) electrons. The van der Waals surface area contributed by atoms with Crippen molar-refractivity contribution in [3.05, 3.63) is 34.9 Å². The molecule has 0 amide bonds. The van der Waals surface area contributed by atoms with Crippen LogP contribution in [0.3, 0.4) is 0 Å². The van der Waals surface area contributed by atoms with E-state index in [1.54, 1.807) is 20.3 Å². The molecule has 124 valence electrons. The second-order valence-electron chi connectivity index (χ2n) is 6.47. The van der Waals surface area contributed by atoms with Crippen LogP contribution in [0.1, 0.15) is 17.0 Å². The topological polar surface area (TPSA) is 82.4 Å². The number of rotatable bonds is 2. The van der Waals surface area contributed by atoms with Gasteiger partial charge in [0, 0.05) is 25.0 Å². The number of ether oxygens (including phenoxy) is 2. The Bertz CT molecular complexity index is 673. The van der Waals surface area contributed by atoms with Crippen molar-refractivity contribution in [2.24, 2.45) is 0 Å². The Morgan fingerprint density at radius 3 is 2.48 bits per heavy atom. The molecule has 0 saturated carbocycles. The molecule has 1 aromatic rings. The zero-order chi connectivity index (χ0) is 16.3. The van der Waals surface area contributed by atoms with E-state index in [9.17, 15) is 15.3 Å². The van der Waals surface area contributed by atoms with Gasteiger partial charge in [-0.15, -0.1) is 0 Å². The van der Waals surface area contributed by atoms with E-state index in [-0.39, 0.29) is 12.0 Å². The highest BCUT2D eigenvalue weighted by atomic mass is 16.5. The van der Waals surface area contributed by atoms with Crippen LogP contribution >= 0.6 is 0 Å². The molecule has 6 nitrogen and oxygen atoms in total. The molecule has 23 heavy (non-hydrogen) atoms. The first-order valence-corrected chi connectivity index (χ1v) is 7.79. The summed E-state index contributed by atoms with van der Waals surface area (Å²) in [4.78, 5) is 2.16. The van der Waals surface area contributed by atoms with Crippen molar-refractivity contribution in [1.82, 2.24) is 4.90 Å². The zero-order valence-corrected chi connectivity index (χ0v) is 13.1. The lowest BCUT2D eigenvalue weighted by Crippen LogP contribution is -2.50. The fourth-order valence-electron chi connectivity index (χ4n) is 4.31. The standard InChI is InChI=1S/C17H21NO5/c1-22-13-3-8-6-18-7-12(20)10-4-11(19)17(21)15(16(10)18)9(8)5-14(13)23-2/h3-5,11-12,15-17,19-21H,6-7H2,1-2H3/t11-,12-,15-,16+,17+/m0/s1. The van der Waals surface area contributed by atoms with Gasteiger partial charge >= 0.3 is 0 Å². The summed E-state index contributed by atoms with van der Waals surface area (Å²) in [6.45, 7) is 1.19. The van der Waals surface area contributed by atoms with Gasteiger partial charge in [0.2, 0.25) is 0 Å². The predicted molar refractivity (Wildman–Crippen MR) is 82.6 cm³/mol. The molecular formula is C17H21NO5. The van der Waals surface area contributed by atoms with Crippen LogP contribution < -0.4 is 9.47 Å². The van der Waals surface area contributed by atoms with Crippen molar-refractivity contribution in [1.29, 1.82) is 0 Å². The van der Waals surface area contributed by atoms with Crippen molar-refractivity contribution in [2.45, 2.75) is 36.8 Å². The molecule has 2 heterocycles. The van der Waals surface area contributed by atoms with Crippen molar-refractivity contribution < 1.29 is 24.8 Å². The number of hydrogen-bond donors (Lipinski definition) is 3. The third kappa shape index (κ3) is 2.03. The van der Waals surface area contributed by atoms with Gasteiger partial charge in [0.1, 0.15) is 0 Å². The first-order valence-electron chi connectivity index (χ1n) is 7.79. The molecule has 6 heteroatoms. The lowest BCUT2D eigenvalue weighted by molar-refractivity contribution is -0.00164. The van der Waals surface area contributed by atoms with Crippen molar-refractivity contribution in [3.8, 4) is 11.5 Å². The minimum Gasteiger partial charge on any atom is -0.493 e. The van der Waals surface area contributed by atoms with Gasteiger partial charge in [0.25, 0.3) is 0 Å². The summed E-state index contributed by atoms with van der Waals surface area (Å²) in [5.74, 6) is 0.966. The van der Waals surface area contributed by atoms with Crippen LogP contribution in [0.5, 0.6) is 11.5 Å². The maximum absolute atomic E-state index is 10.6. The van der Waals surface area contributed by atoms with Gasteiger partial charge in [0.05, 0.1) is 32.5 Å². The number of aliphatic hydroxyl groups is 3. The number of benzene rings is 1. The van der Waals surface area contributed by atoms with E-state index in [0.717, 1.165) is 16.7 Å². The molecule has 0 unspecified atom stereocenters. The van der Waals surface area contributed by atoms with Crippen molar-refractivity contribution >= 4 is 0 Å². The Hall–Kier alpha value is -1.60. The molecule has 3 aliphatic rings. The summed E-state index contributed by atoms with van der Waals surface area (Å²) in [5.41, 5.74) is 2.80. The quantitative estimate of drug-likeness (QED) is 0.666. The highest BCUT2D eigenvalue weighted by molar-refractivity contribution is 5.53. The number of methoxy groups -OCH3 is 2. The fourth-order valence-corrected chi connectivity index (χ4v) is 4.31. The lowest BCUT2D eigenvalue weighted by atomic mass is 9.73. The minimum absolute atomic E-state index is 0.0750. The second-order valence-corrected chi connectivity index (χ2v) is 6.47. The van der Waals surface area contributed by atoms with Crippen molar-refractivity contribution in [3.63, 3.8) is 0 Å². The molecule has 1 fully saturated rings. The van der Waals surface area contributed by atoms with E-state index in [2.05, 4.69) is 4.90 Å². The molecule has 1 aliphatic carbocycles. The molecule has 3 N–H and O–H groups in total. The van der Waals surface area contributed by atoms with E-state index in [0.29, 0.717) is 24.6 Å². The van der Waals surface area contributed by atoms with E-state index in [4.69, 9.17) is 9.47 Å². The summed E-state index contributed by atoms with van der Waals surface area (Å²) in [5, 5.41) is 31.1. The van der Waals surface area contributed by atoms with E-state index >= 15 is 0 Å². The smallest absolute Gasteiger partial charge is 0.161 e. The third-order valence-electron chi connectivity index (χ3n) is 5.33. The van der Waals surface area contributed by atoms with Gasteiger partial charge in [0.15, 0.2) is 11.5 Å². The molecular weight excluding hydrogens is 298 g/mol. The molecule has 0 spiro atoms. The molecule has 5 atom stereocenters. The first-order chi connectivity index (χ1) is 11.0. The van der Waals surface area contributed by atoms with Crippen LogP contribution in [0, 0.1) is 0 Å². The van der Waals surface area contributed by atoms with Crippen LogP contribution in [0.15, 0.2) is 23.8 Å². The minimum atomic E-state index is -0.972. The average molecular weight is 319 g/mol. The number of fused-ring (bicyclic) bond motifs is 2. The van der Waals surface area contributed by atoms with E-state index in [1.165, 1.54) is 0 Å². The van der Waals surface area contributed by atoms with Crippen molar-refractivity contribution in [2.75, 3.05) is 20.8 Å². The van der Waals surface area contributed by atoms with Gasteiger partial charge in [-0.2, -0.15) is 0 Å². The zero-order valence-electron chi connectivity index (χ0n) is 13.1. The SMILES string of the molecule is COc1cc2c(cc1OC)[C@@H]1[C@H](O)[C@@H](O)C=C3[C@H]1N(C2)C[C@@H]3O.